The Balaban J connectivity index is 2.16. The van der Waals surface area contributed by atoms with Crippen LogP contribution in [0.15, 0.2) is 30.3 Å². The molecule has 7 heteroatoms. The monoisotopic (exact) mass is 363 g/mol. The number of nitrogens with one attached hydrogen (secondary N) is 1. The number of carboxylic acid groups (broad SMARTS) is 1. The Kier molecular flexibility index (Phi) is 5.92. The van der Waals surface area contributed by atoms with Crippen molar-refractivity contribution in [3.63, 3.8) is 0 Å². The summed E-state index contributed by atoms with van der Waals surface area (Å²) in [4.78, 5) is 23.1. The number of aliphatic carboxylic acids is 1. The molecule has 2 aromatic rings. The maximum atomic E-state index is 13.3. The van der Waals surface area contributed by atoms with E-state index in [0.717, 1.165) is 12.1 Å². The number of carboxylic acids is 1. The van der Waals surface area contributed by atoms with Crippen LogP contribution in [0.4, 0.5) is 8.78 Å². The predicted molar refractivity (Wildman–Crippen MR) is 91.3 cm³/mol. The molecule has 0 saturated heterocycles. The molecule has 26 heavy (non-hydrogen) atoms. The summed E-state index contributed by atoms with van der Waals surface area (Å²) in [5, 5.41) is 11.4. The number of hydrogen-bond acceptors (Lipinski definition) is 3. The lowest BCUT2D eigenvalue weighted by Crippen LogP contribution is -2.27. The average Bonchev–Trinajstić information content (AvgIpc) is 2.56. The number of carbonyl (C=O) groups excluding carboxylic acids is 1. The highest BCUT2D eigenvalue weighted by Crippen LogP contribution is 2.25. The maximum absolute atomic E-state index is 13.3. The number of carbonyl (C=O) groups is 2. The molecule has 0 aliphatic rings. The first-order valence-electron chi connectivity index (χ1n) is 7.90. The number of rotatable bonds is 6. The third kappa shape index (κ3) is 4.56. The fraction of sp³-hybridized carbons (Fsp3) is 0.263. The van der Waals surface area contributed by atoms with Gasteiger partial charge in [0, 0.05) is 5.56 Å². The van der Waals surface area contributed by atoms with Gasteiger partial charge in [-0.15, -0.1) is 0 Å². The van der Waals surface area contributed by atoms with E-state index in [2.05, 4.69) is 5.32 Å². The third-order valence-electron chi connectivity index (χ3n) is 3.85. The van der Waals surface area contributed by atoms with E-state index in [1.165, 1.54) is 6.07 Å². The minimum Gasteiger partial charge on any atom is -0.481 e. The third-order valence-corrected chi connectivity index (χ3v) is 3.85. The Labute approximate surface area is 149 Å². The van der Waals surface area contributed by atoms with Crippen LogP contribution in [0.1, 0.15) is 40.0 Å². The Morgan fingerprint density at radius 3 is 2.27 bits per heavy atom. The average molecular weight is 363 g/mol. The molecular weight excluding hydrogens is 344 g/mol. The van der Waals surface area contributed by atoms with Crippen molar-refractivity contribution in [3.8, 4) is 5.75 Å². The standard InChI is InChI=1S/C19H19F2NO4/c1-10-6-14(7-11(2)18(10)26-9-17(23)24)19(25)22-12(3)13-4-5-15(20)16(21)8-13/h4-8,12H,9H2,1-3H3,(H,22,25)(H,23,24). The molecule has 0 spiro atoms. The topological polar surface area (TPSA) is 75.6 Å². The van der Waals surface area contributed by atoms with E-state index >= 15 is 0 Å². The molecular formula is C19H19F2NO4. The van der Waals surface area contributed by atoms with Crippen LogP contribution in [-0.4, -0.2) is 23.6 Å². The lowest BCUT2D eigenvalue weighted by Gasteiger charge is -2.16. The van der Waals surface area contributed by atoms with Crippen LogP contribution in [0.5, 0.6) is 5.75 Å². The molecule has 138 valence electrons. The van der Waals surface area contributed by atoms with Gasteiger partial charge in [-0.3, -0.25) is 4.79 Å². The second-order valence-electron chi connectivity index (χ2n) is 5.99. The summed E-state index contributed by atoms with van der Waals surface area (Å²) in [5.74, 6) is -2.99. The quantitative estimate of drug-likeness (QED) is 0.823. The largest absolute Gasteiger partial charge is 0.481 e. The molecule has 0 aliphatic carbocycles. The number of aryl methyl sites for hydroxylation is 2. The second-order valence-corrected chi connectivity index (χ2v) is 5.99. The molecule has 1 unspecified atom stereocenters. The fourth-order valence-electron chi connectivity index (χ4n) is 2.59. The summed E-state index contributed by atoms with van der Waals surface area (Å²) in [5.41, 5.74) is 2.04. The van der Waals surface area contributed by atoms with Gasteiger partial charge in [-0.25, -0.2) is 13.6 Å². The van der Waals surface area contributed by atoms with E-state index in [9.17, 15) is 18.4 Å². The number of amides is 1. The van der Waals surface area contributed by atoms with Gasteiger partial charge in [0.05, 0.1) is 6.04 Å². The molecule has 0 bridgehead atoms. The zero-order valence-corrected chi connectivity index (χ0v) is 14.6. The van der Waals surface area contributed by atoms with E-state index in [0.29, 0.717) is 28.0 Å². The molecule has 0 heterocycles. The molecule has 5 nitrogen and oxygen atoms in total. The Morgan fingerprint density at radius 2 is 1.73 bits per heavy atom. The molecule has 0 fully saturated rings. The molecule has 0 aromatic heterocycles. The number of ether oxygens (including phenoxy) is 1. The predicted octanol–water partition coefficient (Wildman–Crippen LogP) is 3.54. The smallest absolute Gasteiger partial charge is 0.341 e. The summed E-state index contributed by atoms with van der Waals surface area (Å²) < 4.78 is 31.6. The lowest BCUT2D eigenvalue weighted by molar-refractivity contribution is -0.139. The van der Waals surface area contributed by atoms with Gasteiger partial charge in [-0.1, -0.05) is 6.07 Å². The van der Waals surface area contributed by atoms with E-state index in [1.54, 1.807) is 32.9 Å². The molecule has 2 rings (SSSR count). The molecule has 1 atom stereocenters. The van der Waals surface area contributed by atoms with Crippen molar-refractivity contribution in [1.29, 1.82) is 0 Å². The van der Waals surface area contributed by atoms with Gasteiger partial charge in [-0.05, 0) is 61.7 Å². The Morgan fingerprint density at radius 1 is 1.12 bits per heavy atom. The number of benzene rings is 2. The van der Waals surface area contributed by atoms with E-state index < -0.39 is 36.2 Å². The van der Waals surface area contributed by atoms with Crippen molar-refractivity contribution in [3.05, 3.63) is 64.2 Å². The summed E-state index contributed by atoms with van der Waals surface area (Å²) in [6.45, 7) is 4.61. The summed E-state index contributed by atoms with van der Waals surface area (Å²) in [7, 11) is 0. The van der Waals surface area contributed by atoms with Crippen LogP contribution in [0.25, 0.3) is 0 Å². The fourth-order valence-corrected chi connectivity index (χ4v) is 2.59. The van der Waals surface area contributed by atoms with Crippen molar-refractivity contribution >= 4 is 11.9 Å². The zero-order valence-electron chi connectivity index (χ0n) is 14.6. The van der Waals surface area contributed by atoms with E-state index in [4.69, 9.17) is 9.84 Å². The van der Waals surface area contributed by atoms with E-state index in [-0.39, 0.29) is 0 Å². The molecule has 2 aromatic carbocycles. The number of halogens is 2. The Hall–Kier alpha value is -2.96. The molecule has 0 aliphatic heterocycles. The molecule has 0 saturated carbocycles. The van der Waals surface area contributed by atoms with Gasteiger partial charge >= 0.3 is 5.97 Å². The van der Waals surface area contributed by atoms with Crippen molar-refractivity contribution in [2.24, 2.45) is 0 Å². The van der Waals surface area contributed by atoms with Crippen molar-refractivity contribution in [2.45, 2.75) is 26.8 Å². The molecule has 1 amide bonds. The van der Waals surface area contributed by atoms with Crippen LogP contribution in [0, 0.1) is 25.5 Å². The highest BCUT2D eigenvalue weighted by Gasteiger charge is 2.16. The first kappa shape index (κ1) is 19.4. The van der Waals surface area contributed by atoms with Crippen molar-refractivity contribution in [1.82, 2.24) is 5.32 Å². The van der Waals surface area contributed by atoms with Gasteiger partial charge in [0.1, 0.15) is 5.75 Å². The Bertz CT molecular complexity index is 828. The first-order chi connectivity index (χ1) is 12.2. The summed E-state index contributed by atoms with van der Waals surface area (Å²) >= 11 is 0. The van der Waals surface area contributed by atoms with Crippen LogP contribution in [0.3, 0.4) is 0 Å². The number of hydrogen-bond donors (Lipinski definition) is 2. The van der Waals surface area contributed by atoms with Crippen LogP contribution >= 0.6 is 0 Å². The van der Waals surface area contributed by atoms with Crippen molar-refractivity contribution in [2.75, 3.05) is 6.61 Å². The van der Waals surface area contributed by atoms with Gasteiger partial charge in [-0.2, -0.15) is 0 Å². The minimum absolute atomic E-state index is 0.358. The van der Waals surface area contributed by atoms with Crippen LogP contribution in [0.2, 0.25) is 0 Å². The van der Waals surface area contributed by atoms with E-state index in [1.807, 2.05) is 0 Å². The van der Waals surface area contributed by atoms with Gasteiger partial charge in [0.15, 0.2) is 18.2 Å². The molecule has 0 radical (unpaired) electrons. The highest BCUT2D eigenvalue weighted by molar-refractivity contribution is 5.95. The minimum atomic E-state index is -1.09. The lowest BCUT2D eigenvalue weighted by atomic mass is 10.0. The molecule has 2 N–H and O–H groups in total. The zero-order chi connectivity index (χ0) is 19.4. The summed E-state index contributed by atoms with van der Waals surface area (Å²) in [6.07, 6.45) is 0. The van der Waals surface area contributed by atoms with Crippen molar-refractivity contribution < 1.29 is 28.2 Å². The van der Waals surface area contributed by atoms with Gasteiger partial charge in [0.25, 0.3) is 5.91 Å². The van der Waals surface area contributed by atoms with Gasteiger partial charge in [0.2, 0.25) is 0 Å². The second kappa shape index (κ2) is 7.95. The van der Waals surface area contributed by atoms with Crippen LogP contribution in [-0.2, 0) is 4.79 Å². The van der Waals surface area contributed by atoms with Crippen LogP contribution < -0.4 is 10.1 Å². The highest BCUT2D eigenvalue weighted by atomic mass is 19.2. The summed E-state index contributed by atoms with van der Waals surface area (Å²) in [6, 6.07) is 6.09. The van der Waals surface area contributed by atoms with Gasteiger partial charge < -0.3 is 15.2 Å². The SMILES string of the molecule is Cc1cc(C(=O)NC(C)c2ccc(F)c(F)c2)cc(C)c1OCC(=O)O. The normalized spacial score (nSPS) is 11.7. The maximum Gasteiger partial charge on any atom is 0.341 e. The first-order valence-corrected chi connectivity index (χ1v) is 7.90.